The number of likely N-dealkylation sites (tertiary alicyclic amines) is 1. The molecule has 1 saturated carbocycles. The Kier molecular flexibility index (Phi) is 5.58. The SMILES string of the molecule is CCCNC(=O)N1[C@H](CO)[C@H](c2ccccc2)[C@H]1CNC(=O)C1CC1. The van der Waals surface area contributed by atoms with Gasteiger partial charge in [-0.05, 0) is 24.8 Å². The van der Waals surface area contributed by atoms with E-state index in [0.717, 1.165) is 24.8 Å². The molecular formula is C19H27N3O3. The first kappa shape index (κ1) is 17.7. The Bertz CT molecular complexity index is 603. The Labute approximate surface area is 148 Å². The molecule has 136 valence electrons. The van der Waals surface area contributed by atoms with Gasteiger partial charge in [-0.25, -0.2) is 4.79 Å². The molecule has 0 radical (unpaired) electrons. The highest BCUT2D eigenvalue weighted by Crippen LogP contribution is 2.40. The van der Waals surface area contributed by atoms with E-state index in [1.165, 1.54) is 0 Å². The summed E-state index contributed by atoms with van der Waals surface area (Å²) >= 11 is 0. The summed E-state index contributed by atoms with van der Waals surface area (Å²) in [5.41, 5.74) is 1.09. The standard InChI is InChI=1S/C19H27N3O3/c1-2-10-20-19(25)22-15(11-21-18(24)14-8-9-14)17(16(22)12-23)13-6-4-3-5-7-13/h3-7,14-17,23H,2,8-12H2,1H3,(H,20,25)(H,21,24)/t15-,16-,17-/m1/s1. The van der Waals surface area contributed by atoms with Gasteiger partial charge in [-0.3, -0.25) is 4.79 Å². The van der Waals surface area contributed by atoms with Gasteiger partial charge in [-0.1, -0.05) is 37.3 Å². The van der Waals surface area contributed by atoms with E-state index >= 15 is 0 Å². The van der Waals surface area contributed by atoms with Crippen molar-refractivity contribution in [1.82, 2.24) is 15.5 Å². The molecule has 0 unspecified atom stereocenters. The molecule has 0 aromatic heterocycles. The number of hydrogen-bond acceptors (Lipinski definition) is 3. The number of hydrogen-bond donors (Lipinski definition) is 3. The lowest BCUT2D eigenvalue weighted by Gasteiger charge is -2.54. The maximum absolute atomic E-state index is 12.5. The van der Waals surface area contributed by atoms with Gasteiger partial charge < -0.3 is 20.6 Å². The fourth-order valence-electron chi connectivity index (χ4n) is 3.61. The van der Waals surface area contributed by atoms with E-state index in [4.69, 9.17) is 0 Å². The van der Waals surface area contributed by atoms with Gasteiger partial charge in [0.05, 0.1) is 18.7 Å². The normalized spacial score (nSPS) is 25.2. The molecule has 2 aliphatic rings. The molecule has 6 heteroatoms. The van der Waals surface area contributed by atoms with Gasteiger partial charge in [0.1, 0.15) is 0 Å². The molecule has 0 bridgehead atoms. The number of urea groups is 1. The minimum Gasteiger partial charge on any atom is -0.394 e. The van der Waals surface area contributed by atoms with Crippen molar-refractivity contribution in [2.75, 3.05) is 19.7 Å². The number of carbonyl (C=O) groups is 2. The third-order valence-electron chi connectivity index (χ3n) is 5.11. The molecule has 3 N–H and O–H groups in total. The topological polar surface area (TPSA) is 81.7 Å². The van der Waals surface area contributed by atoms with Crippen LogP contribution in [0.3, 0.4) is 0 Å². The Morgan fingerprint density at radius 3 is 2.48 bits per heavy atom. The third kappa shape index (κ3) is 3.79. The lowest BCUT2D eigenvalue weighted by molar-refractivity contribution is -0.123. The largest absolute Gasteiger partial charge is 0.394 e. The van der Waals surface area contributed by atoms with Crippen molar-refractivity contribution in [1.29, 1.82) is 0 Å². The van der Waals surface area contributed by atoms with Crippen molar-refractivity contribution in [3.05, 3.63) is 35.9 Å². The minimum absolute atomic E-state index is 0.0260. The fraction of sp³-hybridized carbons (Fsp3) is 0.579. The summed E-state index contributed by atoms with van der Waals surface area (Å²) < 4.78 is 0. The lowest BCUT2D eigenvalue weighted by atomic mass is 9.75. The molecule has 0 spiro atoms. The molecule has 1 aliphatic carbocycles. The van der Waals surface area contributed by atoms with Crippen LogP contribution < -0.4 is 10.6 Å². The molecular weight excluding hydrogens is 318 g/mol. The molecule has 1 aromatic carbocycles. The Hall–Kier alpha value is -2.08. The molecule has 1 heterocycles. The van der Waals surface area contributed by atoms with Gasteiger partial charge in [0.25, 0.3) is 0 Å². The lowest BCUT2D eigenvalue weighted by Crippen LogP contribution is -2.70. The second-order valence-corrected chi connectivity index (χ2v) is 6.91. The highest BCUT2D eigenvalue weighted by atomic mass is 16.3. The number of aliphatic hydroxyl groups is 1. The van der Waals surface area contributed by atoms with Crippen LogP contribution in [0, 0.1) is 5.92 Å². The average molecular weight is 345 g/mol. The molecule has 6 nitrogen and oxygen atoms in total. The number of carbonyl (C=O) groups excluding carboxylic acids is 2. The molecule has 2 fully saturated rings. The molecule has 1 aromatic rings. The smallest absolute Gasteiger partial charge is 0.318 e. The minimum atomic E-state index is -0.262. The van der Waals surface area contributed by atoms with Crippen molar-refractivity contribution in [3.63, 3.8) is 0 Å². The van der Waals surface area contributed by atoms with Gasteiger partial charge >= 0.3 is 6.03 Å². The van der Waals surface area contributed by atoms with Crippen LogP contribution in [-0.2, 0) is 4.79 Å². The molecule has 3 rings (SSSR count). The summed E-state index contributed by atoms with van der Waals surface area (Å²) in [6.07, 6.45) is 2.77. The predicted molar refractivity (Wildman–Crippen MR) is 95.1 cm³/mol. The summed E-state index contributed by atoms with van der Waals surface area (Å²) in [4.78, 5) is 26.2. The van der Waals surface area contributed by atoms with Crippen molar-refractivity contribution in [2.45, 2.75) is 44.2 Å². The average Bonchev–Trinajstić information content (AvgIpc) is 3.45. The zero-order valence-electron chi connectivity index (χ0n) is 14.6. The van der Waals surface area contributed by atoms with Crippen LogP contribution >= 0.6 is 0 Å². The number of benzene rings is 1. The monoisotopic (exact) mass is 345 g/mol. The van der Waals surface area contributed by atoms with Crippen LogP contribution in [0.5, 0.6) is 0 Å². The van der Waals surface area contributed by atoms with Crippen LogP contribution in [-0.4, -0.2) is 53.7 Å². The summed E-state index contributed by atoms with van der Waals surface area (Å²) in [5, 5.41) is 15.7. The number of nitrogens with one attached hydrogen (secondary N) is 2. The Morgan fingerprint density at radius 1 is 1.16 bits per heavy atom. The number of amides is 3. The van der Waals surface area contributed by atoms with Crippen molar-refractivity contribution in [3.8, 4) is 0 Å². The van der Waals surface area contributed by atoms with Gasteiger partial charge in [0, 0.05) is 24.9 Å². The summed E-state index contributed by atoms with van der Waals surface area (Å²) in [6.45, 7) is 2.93. The van der Waals surface area contributed by atoms with Crippen LogP contribution in [0.2, 0.25) is 0 Å². The van der Waals surface area contributed by atoms with E-state index in [9.17, 15) is 14.7 Å². The summed E-state index contributed by atoms with van der Waals surface area (Å²) in [7, 11) is 0. The van der Waals surface area contributed by atoms with E-state index in [-0.39, 0.29) is 42.5 Å². The van der Waals surface area contributed by atoms with Crippen molar-refractivity contribution in [2.24, 2.45) is 5.92 Å². The van der Waals surface area contributed by atoms with E-state index in [0.29, 0.717) is 13.1 Å². The zero-order chi connectivity index (χ0) is 17.8. The van der Waals surface area contributed by atoms with Gasteiger partial charge in [-0.2, -0.15) is 0 Å². The third-order valence-corrected chi connectivity index (χ3v) is 5.11. The first-order chi connectivity index (χ1) is 12.2. The Morgan fingerprint density at radius 2 is 1.88 bits per heavy atom. The number of aliphatic hydroxyl groups excluding tert-OH is 1. The zero-order valence-corrected chi connectivity index (χ0v) is 14.6. The first-order valence-electron chi connectivity index (χ1n) is 9.17. The summed E-state index contributed by atoms with van der Waals surface area (Å²) in [5.74, 6) is 0.248. The maximum Gasteiger partial charge on any atom is 0.318 e. The van der Waals surface area contributed by atoms with Crippen molar-refractivity contribution >= 4 is 11.9 Å². The fourth-order valence-corrected chi connectivity index (χ4v) is 3.61. The quantitative estimate of drug-likeness (QED) is 0.700. The number of rotatable bonds is 7. The number of nitrogens with zero attached hydrogens (tertiary/aromatic N) is 1. The maximum atomic E-state index is 12.5. The Balaban J connectivity index is 1.74. The van der Waals surface area contributed by atoms with E-state index in [2.05, 4.69) is 10.6 Å². The first-order valence-corrected chi connectivity index (χ1v) is 9.17. The van der Waals surface area contributed by atoms with Crippen molar-refractivity contribution < 1.29 is 14.7 Å². The van der Waals surface area contributed by atoms with Crippen LogP contribution in [0.25, 0.3) is 0 Å². The summed E-state index contributed by atoms with van der Waals surface area (Å²) in [6, 6.07) is 9.34. The molecule has 25 heavy (non-hydrogen) atoms. The van der Waals surface area contributed by atoms with E-state index in [1.54, 1.807) is 4.90 Å². The van der Waals surface area contributed by atoms with E-state index in [1.807, 2.05) is 37.3 Å². The highest BCUT2D eigenvalue weighted by molar-refractivity contribution is 5.81. The van der Waals surface area contributed by atoms with Crippen LogP contribution in [0.4, 0.5) is 4.79 Å². The van der Waals surface area contributed by atoms with Gasteiger partial charge in [0.2, 0.25) is 5.91 Å². The highest BCUT2D eigenvalue weighted by Gasteiger charge is 2.51. The van der Waals surface area contributed by atoms with Gasteiger partial charge in [-0.15, -0.1) is 0 Å². The molecule has 1 aliphatic heterocycles. The van der Waals surface area contributed by atoms with E-state index < -0.39 is 0 Å². The second-order valence-electron chi connectivity index (χ2n) is 6.91. The molecule has 3 amide bonds. The predicted octanol–water partition coefficient (Wildman–Crippen LogP) is 1.46. The van der Waals surface area contributed by atoms with Crippen LogP contribution in [0.1, 0.15) is 37.7 Å². The molecule has 3 atom stereocenters. The molecule has 1 saturated heterocycles. The van der Waals surface area contributed by atoms with Gasteiger partial charge in [0.15, 0.2) is 0 Å². The second kappa shape index (κ2) is 7.87. The van der Waals surface area contributed by atoms with Crippen LogP contribution in [0.15, 0.2) is 30.3 Å².